The first kappa shape index (κ1) is 19.0. The quantitative estimate of drug-likeness (QED) is 0.349. The van der Waals surface area contributed by atoms with Crippen molar-refractivity contribution in [1.82, 2.24) is 9.55 Å². The molecular formula is C20H20N2O4S. The highest BCUT2D eigenvalue weighted by atomic mass is 32.2. The highest BCUT2D eigenvalue weighted by Crippen LogP contribution is 2.20. The van der Waals surface area contributed by atoms with Gasteiger partial charge in [0.1, 0.15) is 10.8 Å². The van der Waals surface area contributed by atoms with E-state index in [1.807, 2.05) is 42.9 Å². The fourth-order valence-corrected chi connectivity index (χ4v) is 3.42. The molecule has 6 nitrogen and oxygen atoms in total. The number of furan rings is 1. The van der Waals surface area contributed by atoms with E-state index < -0.39 is 5.97 Å². The Bertz CT molecular complexity index is 961. The van der Waals surface area contributed by atoms with E-state index in [9.17, 15) is 9.59 Å². The summed E-state index contributed by atoms with van der Waals surface area (Å²) >= 11 is 1.35. The molecule has 27 heavy (non-hydrogen) atoms. The van der Waals surface area contributed by atoms with Crippen molar-refractivity contribution < 1.29 is 18.7 Å². The molecule has 0 aliphatic heterocycles. The van der Waals surface area contributed by atoms with Crippen LogP contribution in [0.4, 0.5) is 0 Å². The van der Waals surface area contributed by atoms with Gasteiger partial charge in [-0.15, -0.1) is 11.8 Å². The third kappa shape index (κ3) is 4.14. The van der Waals surface area contributed by atoms with E-state index in [1.54, 1.807) is 24.6 Å². The minimum atomic E-state index is -0.551. The number of rotatable bonds is 7. The number of ether oxygens (including phenoxy) is 1. The summed E-state index contributed by atoms with van der Waals surface area (Å²) in [5, 5.41) is 0.576. The normalized spacial score (nSPS) is 10.8. The first-order chi connectivity index (χ1) is 13.0. The number of aromatic nitrogens is 2. The highest BCUT2D eigenvalue weighted by molar-refractivity contribution is 7.98. The van der Waals surface area contributed by atoms with Crippen molar-refractivity contribution in [2.24, 2.45) is 0 Å². The lowest BCUT2D eigenvalue weighted by Gasteiger charge is -2.08. The van der Waals surface area contributed by atoms with Crippen LogP contribution in [0, 0.1) is 13.8 Å². The van der Waals surface area contributed by atoms with Gasteiger partial charge >= 0.3 is 5.97 Å². The molecule has 0 unspecified atom stereocenters. The number of thioether (sulfide) groups is 1. The van der Waals surface area contributed by atoms with Crippen LogP contribution in [0.15, 0.2) is 52.2 Å². The van der Waals surface area contributed by atoms with Crippen molar-refractivity contribution in [3.63, 3.8) is 0 Å². The minimum Gasteiger partial charge on any atom is -0.467 e. The van der Waals surface area contributed by atoms with E-state index in [2.05, 4.69) is 4.98 Å². The van der Waals surface area contributed by atoms with Crippen molar-refractivity contribution >= 4 is 23.5 Å². The third-order valence-electron chi connectivity index (χ3n) is 4.29. The maximum absolute atomic E-state index is 12.6. The molecule has 3 heterocycles. The first-order valence-corrected chi connectivity index (χ1v) is 9.62. The van der Waals surface area contributed by atoms with Gasteiger partial charge in [-0.1, -0.05) is 0 Å². The van der Waals surface area contributed by atoms with Gasteiger partial charge in [-0.25, -0.2) is 9.78 Å². The van der Waals surface area contributed by atoms with Gasteiger partial charge in [0.15, 0.2) is 6.61 Å². The van der Waals surface area contributed by atoms with Crippen LogP contribution in [-0.2, 0) is 11.3 Å². The molecule has 0 spiro atoms. The van der Waals surface area contributed by atoms with E-state index in [0.717, 1.165) is 17.1 Å². The number of hydrogen-bond acceptors (Lipinski definition) is 6. The summed E-state index contributed by atoms with van der Waals surface area (Å²) < 4.78 is 12.6. The maximum Gasteiger partial charge on any atom is 0.341 e. The molecule has 0 radical (unpaired) electrons. The second-order valence-corrected chi connectivity index (χ2v) is 6.80. The van der Waals surface area contributed by atoms with Crippen molar-refractivity contribution in [3.8, 4) is 0 Å². The number of carbonyl (C=O) groups is 2. The van der Waals surface area contributed by atoms with Gasteiger partial charge in [-0.3, -0.25) is 4.79 Å². The summed E-state index contributed by atoms with van der Waals surface area (Å²) in [7, 11) is 0. The Morgan fingerprint density at radius 2 is 2.04 bits per heavy atom. The monoisotopic (exact) mass is 384 g/mol. The molecule has 0 aromatic carbocycles. The van der Waals surface area contributed by atoms with Gasteiger partial charge in [0.05, 0.1) is 18.4 Å². The zero-order valence-electron chi connectivity index (χ0n) is 15.4. The topological polar surface area (TPSA) is 74.3 Å². The van der Waals surface area contributed by atoms with Crippen LogP contribution >= 0.6 is 11.8 Å². The number of nitrogens with zero attached hydrogens (tertiary/aromatic N) is 2. The van der Waals surface area contributed by atoms with Gasteiger partial charge in [-0.05, 0) is 50.4 Å². The van der Waals surface area contributed by atoms with Gasteiger partial charge in [0.25, 0.3) is 0 Å². The van der Waals surface area contributed by atoms with E-state index >= 15 is 0 Å². The molecule has 7 heteroatoms. The molecule has 0 bridgehead atoms. The summed E-state index contributed by atoms with van der Waals surface area (Å²) in [6.45, 7) is 4.04. The second-order valence-electron chi connectivity index (χ2n) is 6.01. The average molecular weight is 384 g/mol. The Kier molecular flexibility index (Phi) is 5.81. The average Bonchev–Trinajstić information content (AvgIpc) is 3.29. The summed E-state index contributed by atoms with van der Waals surface area (Å²) in [6.07, 6.45) is 5.07. The number of pyridine rings is 1. The molecule has 0 aliphatic carbocycles. The lowest BCUT2D eigenvalue weighted by Crippen LogP contribution is -2.16. The van der Waals surface area contributed by atoms with E-state index in [0.29, 0.717) is 22.7 Å². The smallest absolute Gasteiger partial charge is 0.341 e. The lowest BCUT2D eigenvalue weighted by molar-refractivity contribution is 0.0470. The Balaban J connectivity index is 1.70. The van der Waals surface area contributed by atoms with E-state index in [-0.39, 0.29) is 12.4 Å². The molecule has 0 amide bonds. The van der Waals surface area contributed by atoms with Gasteiger partial charge in [0.2, 0.25) is 5.78 Å². The Morgan fingerprint density at radius 1 is 1.22 bits per heavy atom. The molecule has 0 fully saturated rings. The number of esters is 1. The Labute approximate surface area is 161 Å². The molecule has 0 N–H and O–H groups in total. The van der Waals surface area contributed by atoms with Crippen molar-refractivity contribution in [2.75, 3.05) is 12.9 Å². The molecule has 0 atom stereocenters. The van der Waals surface area contributed by atoms with Crippen LogP contribution in [0.5, 0.6) is 0 Å². The number of ketones is 1. The SMILES string of the molecule is CSc1ncccc1C(=O)OCC(=O)c1cc(C)n(Cc2ccco2)c1C. The van der Waals surface area contributed by atoms with Crippen LogP contribution < -0.4 is 0 Å². The third-order valence-corrected chi connectivity index (χ3v) is 5.00. The maximum atomic E-state index is 12.6. The lowest BCUT2D eigenvalue weighted by atomic mass is 10.1. The van der Waals surface area contributed by atoms with Gasteiger partial charge in [0, 0.05) is 23.1 Å². The largest absolute Gasteiger partial charge is 0.467 e. The van der Waals surface area contributed by atoms with Crippen LogP contribution in [0.25, 0.3) is 0 Å². The molecule has 0 saturated heterocycles. The second kappa shape index (κ2) is 8.26. The Morgan fingerprint density at radius 3 is 2.74 bits per heavy atom. The minimum absolute atomic E-state index is 0.239. The van der Waals surface area contributed by atoms with Crippen molar-refractivity contribution in [3.05, 3.63) is 71.1 Å². The van der Waals surface area contributed by atoms with Crippen LogP contribution in [0.3, 0.4) is 0 Å². The zero-order valence-corrected chi connectivity index (χ0v) is 16.2. The summed E-state index contributed by atoms with van der Waals surface area (Å²) in [5.74, 6) is 0.0188. The zero-order chi connectivity index (χ0) is 19.4. The van der Waals surface area contributed by atoms with Crippen molar-refractivity contribution in [2.45, 2.75) is 25.4 Å². The number of aryl methyl sites for hydroxylation is 1. The fourth-order valence-electron chi connectivity index (χ4n) is 2.88. The first-order valence-electron chi connectivity index (χ1n) is 8.39. The molecule has 3 rings (SSSR count). The van der Waals surface area contributed by atoms with Gasteiger partial charge in [-0.2, -0.15) is 0 Å². The standard InChI is InChI=1S/C20H20N2O4S/c1-13-10-17(14(2)22(13)11-15-6-5-9-25-15)18(23)12-26-20(24)16-7-4-8-21-19(16)27-3/h4-10H,11-12H2,1-3H3. The molecule has 0 aliphatic rings. The molecular weight excluding hydrogens is 364 g/mol. The van der Waals surface area contributed by atoms with Crippen LogP contribution in [0.2, 0.25) is 0 Å². The van der Waals surface area contributed by atoms with E-state index in [4.69, 9.17) is 9.15 Å². The molecule has 3 aromatic rings. The van der Waals surface area contributed by atoms with Gasteiger partial charge < -0.3 is 13.7 Å². The summed E-state index contributed by atoms with van der Waals surface area (Å²) in [6, 6.07) is 8.84. The predicted molar refractivity (Wildman–Crippen MR) is 102 cm³/mol. The predicted octanol–water partition coefficient (Wildman–Crippen LogP) is 3.90. The highest BCUT2D eigenvalue weighted by Gasteiger charge is 2.19. The number of Topliss-reactive ketones (excluding diaryl/α,β-unsaturated/α-hetero) is 1. The molecule has 140 valence electrons. The van der Waals surface area contributed by atoms with Crippen LogP contribution in [0.1, 0.15) is 37.9 Å². The Hall–Kier alpha value is -2.80. The van der Waals surface area contributed by atoms with E-state index in [1.165, 1.54) is 11.8 Å². The van der Waals surface area contributed by atoms with Crippen LogP contribution in [-0.4, -0.2) is 34.2 Å². The summed E-state index contributed by atoms with van der Waals surface area (Å²) in [4.78, 5) is 29.0. The number of hydrogen-bond donors (Lipinski definition) is 0. The number of carbonyl (C=O) groups excluding carboxylic acids is 2. The molecule has 3 aromatic heterocycles. The van der Waals surface area contributed by atoms with Crippen molar-refractivity contribution in [1.29, 1.82) is 0 Å². The fraction of sp³-hybridized carbons (Fsp3) is 0.250. The molecule has 0 saturated carbocycles. The summed E-state index contributed by atoms with van der Waals surface area (Å²) in [5.41, 5.74) is 2.66.